The minimum absolute atomic E-state index is 0.0426. The van der Waals surface area contributed by atoms with Crippen molar-refractivity contribution in [2.24, 2.45) is 0 Å². The zero-order valence-corrected chi connectivity index (χ0v) is 20.3. The number of carbonyl (C=O) groups is 1. The summed E-state index contributed by atoms with van der Waals surface area (Å²) in [6, 6.07) is 22.3. The van der Waals surface area contributed by atoms with Crippen LogP contribution in [-0.2, 0) is 10.0 Å². The van der Waals surface area contributed by atoms with Crippen LogP contribution in [0.15, 0.2) is 82.8 Å². The van der Waals surface area contributed by atoms with Crippen molar-refractivity contribution >= 4 is 27.7 Å². The van der Waals surface area contributed by atoms with Gasteiger partial charge in [0.15, 0.2) is 11.0 Å². The third-order valence-electron chi connectivity index (χ3n) is 5.85. The Kier molecular flexibility index (Phi) is 5.75. The predicted octanol–water partition coefficient (Wildman–Crippen LogP) is 4.49. The van der Waals surface area contributed by atoms with Gasteiger partial charge in [0.2, 0.25) is 0 Å². The third kappa shape index (κ3) is 3.80. The molecule has 0 radical (unpaired) electrons. The third-order valence-corrected chi connectivity index (χ3v) is 8.60. The van der Waals surface area contributed by atoms with E-state index in [1.54, 1.807) is 18.2 Å². The smallest absolute Gasteiger partial charge is 0.269 e. The Balaban J connectivity index is 1.44. The molecule has 0 bridgehead atoms. The Morgan fingerprint density at radius 1 is 0.882 bits per heavy atom. The Morgan fingerprint density at radius 2 is 1.62 bits per heavy atom. The van der Waals surface area contributed by atoms with Gasteiger partial charge >= 0.3 is 0 Å². The summed E-state index contributed by atoms with van der Waals surface area (Å²) in [5, 5.41) is 9.47. The molecule has 7 nitrogen and oxygen atoms in total. The molecule has 5 rings (SSSR count). The van der Waals surface area contributed by atoms with E-state index in [9.17, 15) is 13.2 Å². The first-order chi connectivity index (χ1) is 16.4. The Bertz CT molecular complexity index is 1500. The van der Waals surface area contributed by atoms with Crippen molar-refractivity contribution in [1.82, 2.24) is 19.1 Å². The number of hydrogen-bond acceptors (Lipinski definition) is 6. The molecule has 0 spiro atoms. The molecule has 0 atom stereocenters. The van der Waals surface area contributed by atoms with E-state index in [4.69, 9.17) is 0 Å². The normalized spacial score (nSPS) is 14.4. The lowest BCUT2D eigenvalue weighted by molar-refractivity contribution is 0.0876. The van der Waals surface area contributed by atoms with Crippen LogP contribution in [0.4, 0.5) is 0 Å². The number of hydrogen-bond donors (Lipinski definition) is 0. The van der Waals surface area contributed by atoms with E-state index in [1.165, 1.54) is 23.4 Å². The maximum Gasteiger partial charge on any atom is 0.269 e. The molecule has 0 fully saturated rings. The lowest BCUT2D eigenvalue weighted by atomic mass is 10.1. The number of rotatable bonds is 6. The maximum absolute atomic E-state index is 12.8. The van der Waals surface area contributed by atoms with Gasteiger partial charge in [0, 0.05) is 17.9 Å². The van der Waals surface area contributed by atoms with E-state index in [0.717, 1.165) is 21.1 Å². The molecule has 1 aromatic heterocycles. The molecule has 0 saturated carbocycles. The van der Waals surface area contributed by atoms with Gasteiger partial charge in [0.25, 0.3) is 15.9 Å². The maximum atomic E-state index is 12.8. The SMILES string of the molecule is Cc1ccc(-n2c(SCCN3C(=O)c4ccccc4S3(=O)=O)nnc2-c2ccccc2)cc1C. The average Bonchev–Trinajstić information content (AvgIpc) is 3.34. The van der Waals surface area contributed by atoms with Crippen LogP contribution in [-0.4, -0.2) is 45.7 Å². The summed E-state index contributed by atoms with van der Waals surface area (Å²) in [6.45, 7) is 4.16. The van der Waals surface area contributed by atoms with E-state index in [0.29, 0.717) is 16.7 Å². The van der Waals surface area contributed by atoms with Crippen LogP contribution < -0.4 is 0 Å². The van der Waals surface area contributed by atoms with Gasteiger partial charge in [-0.2, -0.15) is 0 Å². The molecule has 1 aliphatic heterocycles. The number of amides is 1. The Morgan fingerprint density at radius 3 is 2.35 bits per heavy atom. The van der Waals surface area contributed by atoms with Crippen LogP contribution in [0.5, 0.6) is 0 Å². The van der Waals surface area contributed by atoms with Gasteiger partial charge in [-0.05, 0) is 49.2 Å². The van der Waals surface area contributed by atoms with Gasteiger partial charge in [0.1, 0.15) is 4.90 Å². The first-order valence-electron chi connectivity index (χ1n) is 10.8. The van der Waals surface area contributed by atoms with Gasteiger partial charge in [-0.1, -0.05) is 60.3 Å². The molecule has 0 N–H and O–H groups in total. The summed E-state index contributed by atoms with van der Waals surface area (Å²) in [7, 11) is -3.83. The van der Waals surface area contributed by atoms with Crippen LogP contribution in [0.2, 0.25) is 0 Å². The molecule has 9 heteroatoms. The van der Waals surface area contributed by atoms with Gasteiger partial charge in [-0.15, -0.1) is 10.2 Å². The van der Waals surface area contributed by atoms with Crippen molar-refractivity contribution in [2.45, 2.75) is 23.9 Å². The fourth-order valence-electron chi connectivity index (χ4n) is 3.91. The number of benzene rings is 3. The highest BCUT2D eigenvalue weighted by Gasteiger charge is 2.40. The summed E-state index contributed by atoms with van der Waals surface area (Å²) in [5.74, 6) is 0.553. The number of fused-ring (bicyclic) bond motifs is 1. The van der Waals surface area contributed by atoms with E-state index < -0.39 is 15.9 Å². The van der Waals surface area contributed by atoms with Gasteiger partial charge < -0.3 is 0 Å². The minimum Gasteiger partial charge on any atom is -0.270 e. The molecular formula is C25H22N4O3S2. The number of carbonyl (C=O) groups excluding carboxylic acids is 1. The van der Waals surface area contributed by atoms with Crippen molar-refractivity contribution in [3.8, 4) is 17.1 Å². The van der Waals surface area contributed by atoms with E-state index >= 15 is 0 Å². The van der Waals surface area contributed by atoms with E-state index in [-0.39, 0.29) is 17.0 Å². The van der Waals surface area contributed by atoms with Gasteiger partial charge in [-0.3, -0.25) is 9.36 Å². The van der Waals surface area contributed by atoms with Crippen molar-refractivity contribution in [1.29, 1.82) is 0 Å². The van der Waals surface area contributed by atoms with E-state index in [2.05, 4.69) is 36.2 Å². The fourth-order valence-corrected chi connectivity index (χ4v) is 6.47. The van der Waals surface area contributed by atoms with Crippen LogP contribution in [0.25, 0.3) is 17.1 Å². The molecule has 34 heavy (non-hydrogen) atoms. The minimum atomic E-state index is -3.83. The van der Waals surface area contributed by atoms with Crippen molar-refractivity contribution in [3.05, 3.63) is 89.5 Å². The summed E-state index contributed by atoms with van der Waals surface area (Å²) < 4.78 is 28.6. The van der Waals surface area contributed by atoms with Crippen molar-refractivity contribution < 1.29 is 13.2 Å². The zero-order chi connectivity index (χ0) is 23.9. The van der Waals surface area contributed by atoms with Crippen LogP contribution in [0.3, 0.4) is 0 Å². The molecule has 4 aromatic rings. The standard InChI is InChI=1S/C25H22N4O3S2/c1-17-12-13-20(16-18(17)2)29-23(19-8-4-3-5-9-19)26-27-25(29)33-15-14-28-24(30)21-10-6-7-11-22(21)34(28,31)32/h3-13,16H,14-15H2,1-2H3. The van der Waals surface area contributed by atoms with E-state index in [1.807, 2.05) is 41.0 Å². The lowest BCUT2D eigenvalue weighted by Crippen LogP contribution is -2.32. The molecule has 3 aromatic carbocycles. The van der Waals surface area contributed by atoms with Crippen LogP contribution in [0, 0.1) is 13.8 Å². The molecule has 0 unspecified atom stereocenters. The molecule has 1 amide bonds. The Labute approximate surface area is 202 Å². The van der Waals surface area contributed by atoms with Crippen LogP contribution in [0.1, 0.15) is 21.5 Å². The zero-order valence-electron chi connectivity index (χ0n) is 18.7. The highest BCUT2D eigenvalue weighted by atomic mass is 32.2. The van der Waals surface area contributed by atoms with Gasteiger partial charge in [-0.25, -0.2) is 12.7 Å². The lowest BCUT2D eigenvalue weighted by Gasteiger charge is -2.15. The highest BCUT2D eigenvalue weighted by molar-refractivity contribution is 7.99. The number of aryl methyl sites for hydroxylation is 2. The van der Waals surface area contributed by atoms with Crippen LogP contribution >= 0.6 is 11.8 Å². The number of sulfonamides is 1. The largest absolute Gasteiger partial charge is 0.270 e. The first kappa shape index (κ1) is 22.4. The molecular weight excluding hydrogens is 468 g/mol. The number of nitrogens with zero attached hydrogens (tertiary/aromatic N) is 4. The average molecular weight is 491 g/mol. The first-order valence-corrected chi connectivity index (χ1v) is 13.2. The second kappa shape index (κ2) is 8.73. The molecule has 0 aliphatic carbocycles. The van der Waals surface area contributed by atoms with Crippen molar-refractivity contribution in [3.63, 3.8) is 0 Å². The summed E-state index contributed by atoms with van der Waals surface area (Å²) in [4.78, 5) is 12.8. The highest BCUT2D eigenvalue weighted by Crippen LogP contribution is 2.32. The fraction of sp³-hybridized carbons (Fsp3) is 0.160. The Hall–Kier alpha value is -3.43. The molecule has 172 valence electrons. The molecule has 2 heterocycles. The number of thioether (sulfide) groups is 1. The quantitative estimate of drug-likeness (QED) is 0.370. The van der Waals surface area contributed by atoms with Crippen molar-refractivity contribution in [2.75, 3.05) is 12.3 Å². The second-order valence-electron chi connectivity index (χ2n) is 8.00. The second-order valence-corrected chi connectivity index (χ2v) is 10.9. The monoisotopic (exact) mass is 490 g/mol. The summed E-state index contributed by atoms with van der Waals surface area (Å²) in [6.07, 6.45) is 0. The summed E-state index contributed by atoms with van der Waals surface area (Å²) in [5.41, 5.74) is 4.40. The topological polar surface area (TPSA) is 85.2 Å². The summed E-state index contributed by atoms with van der Waals surface area (Å²) >= 11 is 1.37. The number of aromatic nitrogens is 3. The molecule has 1 aliphatic rings. The molecule has 0 saturated heterocycles. The van der Waals surface area contributed by atoms with Gasteiger partial charge in [0.05, 0.1) is 11.3 Å². The predicted molar refractivity (Wildman–Crippen MR) is 132 cm³/mol.